The van der Waals surface area contributed by atoms with Crippen LogP contribution in [0.4, 0.5) is 13.2 Å². The second kappa shape index (κ2) is 5.91. The summed E-state index contributed by atoms with van der Waals surface area (Å²) in [6, 6.07) is 1.63. The molecule has 0 aliphatic carbocycles. The zero-order chi connectivity index (χ0) is 15.6. The summed E-state index contributed by atoms with van der Waals surface area (Å²) in [7, 11) is 0. The fourth-order valence-electron chi connectivity index (χ4n) is 2.53. The van der Waals surface area contributed by atoms with Crippen LogP contribution in [-0.4, -0.2) is 28.0 Å². The fourth-order valence-corrected chi connectivity index (χ4v) is 2.53. The van der Waals surface area contributed by atoms with E-state index in [1.54, 1.807) is 4.90 Å². The minimum absolute atomic E-state index is 0.0627. The number of carbonyl (C=O) groups is 1. The molecule has 1 aliphatic heterocycles. The fraction of sp³-hybridized carbons (Fsp3) is 0.571. The van der Waals surface area contributed by atoms with Gasteiger partial charge in [0.2, 0.25) is 5.91 Å². The predicted octanol–water partition coefficient (Wildman–Crippen LogP) is 2.27. The number of hydrogen-bond donors (Lipinski definition) is 0. The maximum Gasteiger partial charge on any atom is 0.417 e. The average molecular weight is 302 g/mol. The van der Waals surface area contributed by atoms with E-state index in [2.05, 4.69) is 0 Å². The summed E-state index contributed by atoms with van der Waals surface area (Å²) in [6.07, 6.45) is -1.03. The molecule has 1 fully saturated rings. The van der Waals surface area contributed by atoms with E-state index in [0.29, 0.717) is 12.7 Å². The van der Waals surface area contributed by atoms with Crippen LogP contribution < -0.4 is 5.56 Å². The molecule has 1 amide bonds. The number of nitrogens with zero attached hydrogens (tertiary/aromatic N) is 2. The standard InChI is InChI=1S/C14H17F3N2O2/c1-10-4-2-3-7-19(10)13(21)9-18-8-11(14(15,16)17)5-6-12(18)20/h5-6,8,10H,2-4,7,9H2,1H3. The van der Waals surface area contributed by atoms with Crippen LogP contribution in [0.5, 0.6) is 0 Å². The lowest BCUT2D eigenvalue weighted by molar-refractivity contribution is -0.139. The Kier molecular flexibility index (Phi) is 4.39. The quantitative estimate of drug-likeness (QED) is 0.841. The maximum atomic E-state index is 12.6. The molecule has 21 heavy (non-hydrogen) atoms. The van der Waals surface area contributed by atoms with Crippen molar-refractivity contribution in [2.75, 3.05) is 6.54 Å². The van der Waals surface area contributed by atoms with E-state index in [-0.39, 0.29) is 18.5 Å². The van der Waals surface area contributed by atoms with Gasteiger partial charge in [0.1, 0.15) is 6.54 Å². The number of halogens is 3. The van der Waals surface area contributed by atoms with Crippen molar-refractivity contribution >= 4 is 5.91 Å². The monoisotopic (exact) mass is 302 g/mol. The third kappa shape index (κ3) is 3.65. The van der Waals surface area contributed by atoms with Gasteiger partial charge in [-0.25, -0.2) is 0 Å². The summed E-state index contributed by atoms with van der Waals surface area (Å²) in [5.41, 5.74) is -1.54. The second-order valence-electron chi connectivity index (χ2n) is 5.31. The van der Waals surface area contributed by atoms with E-state index in [4.69, 9.17) is 0 Å². The van der Waals surface area contributed by atoms with Gasteiger partial charge >= 0.3 is 6.18 Å². The van der Waals surface area contributed by atoms with Crippen LogP contribution in [0.25, 0.3) is 0 Å². The molecule has 1 unspecified atom stereocenters. The van der Waals surface area contributed by atoms with Crippen molar-refractivity contribution in [3.63, 3.8) is 0 Å². The van der Waals surface area contributed by atoms with Gasteiger partial charge in [-0.1, -0.05) is 0 Å². The molecule has 0 spiro atoms. The highest BCUT2D eigenvalue weighted by Gasteiger charge is 2.31. The summed E-state index contributed by atoms with van der Waals surface area (Å²) in [5.74, 6) is -0.316. The third-order valence-electron chi connectivity index (χ3n) is 3.74. The molecule has 1 atom stereocenters. The van der Waals surface area contributed by atoms with Gasteiger partial charge in [0, 0.05) is 24.8 Å². The summed E-state index contributed by atoms with van der Waals surface area (Å²) < 4.78 is 38.8. The molecule has 0 radical (unpaired) electrons. The molecule has 116 valence electrons. The second-order valence-corrected chi connectivity index (χ2v) is 5.31. The molecular formula is C14H17F3N2O2. The molecule has 4 nitrogen and oxygen atoms in total. The van der Waals surface area contributed by atoms with Crippen molar-refractivity contribution < 1.29 is 18.0 Å². The number of likely N-dealkylation sites (tertiary alicyclic amines) is 1. The number of pyridine rings is 1. The van der Waals surface area contributed by atoms with Crippen molar-refractivity contribution in [1.82, 2.24) is 9.47 Å². The Morgan fingerprint density at radius 1 is 1.33 bits per heavy atom. The van der Waals surface area contributed by atoms with Gasteiger partial charge in [0.15, 0.2) is 0 Å². The Labute approximate surface area is 120 Å². The van der Waals surface area contributed by atoms with E-state index >= 15 is 0 Å². The van der Waals surface area contributed by atoms with E-state index < -0.39 is 17.3 Å². The van der Waals surface area contributed by atoms with E-state index in [9.17, 15) is 22.8 Å². The van der Waals surface area contributed by atoms with Crippen LogP contribution in [0, 0.1) is 0 Å². The Balaban J connectivity index is 2.19. The number of rotatable bonds is 2. The molecule has 0 N–H and O–H groups in total. The summed E-state index contributed by atoms with van der Waals surface area (Å²) in [4.78, 5) is 25.4. The summed E-state index contributed by atoms with van der Waals surface area (Å²) in [5, 5.41) is 0. The molecule has 0 saturated carbocycles. The van der Waals surface area contributed by atoms with Crippen LogP contribution in [-0.2, 0) is 17.5 Å². The SMILES string of the molecule is CC1CCCCN1C(=O)Cn1cc(C(F)(F)F)ccc1=O. The summed E-state index contributed by atoms with van der Waals surface area (Å²) >= 11 is 0. The van der Waals surface area contributed by atoms with Gasteiger partial charge in [-0.15, -0.1) is 0 Å². The molecule has 0 aromatic carbocycles. The predicted molar refractivity (Wildman–Crippen MR) is 70.7 cm³/mol. The van der Waals surface area contributed by atoms with Crippen LogP contribution >= 0.6 is 0 Å². The first kappa shape index (κ1) is 15.6. The molecule has 2 heterocycles. The number of alkyl halides is 3. The number of carbonyl (C=O) groups excluding carboxylic acids is 1. The van der Waals surface area contributed by atoms with E-state index in [1.807, 2.05) is 6.92 Å². The summed E-state index contributed by atoms with van der Waals surface area (Å²) in [6.45, 7) is 2.15. The third-order valence-corrected chi connectivity index (χ3v) is 3.74. The lowest BCUT2D eigenvalue weighted by atomic mass is 10.0. The number of piperidine rings is 1. The minimum atomic E-state index is -4.53. The maximum absolute atomic E-state index is 12.6. The zero-order valence-corrected chi connectivity index (χ0v) is 11.7. The average Bonchev–Trinajstić information content (AvgIpc) is 2.40. The van der Waals surface area contributed by atoms with Crippen LogP contribution in [0.3, 0.4) is 0 Å². The van der Waals surface area contributed by atoms with Crippen LogP contribution in [0.15, 0.2) is 23.1 Å². The Hall–Kier alpha value is -1.79. The normalized spacial score (nSPS) is 19.6. The van der Waals surface area contributed by atoms with Gasteiger partial charge in [0.25, 0.3) is 5.56 Å². The number of hydrogen-bond acceptors (Lipinski definition) is 2. The van der Waals surface area contributed by atoms with Crippen LogP contribution in [0.2, 0.25) is 0 Å². The molecule has 2 rings (SSSR count). The molecule has 1 aromatic rings. The smallest absolute Gasteiger partial charge is 0.338 e. The number of amides is 1. The van der Waals surface area contributed by atoms with Gasteiger partial charge in [-0.2, -0.15) is 13.2 Å². The van der Waals surface area contributed by atoms with Gasteiger partial charge in [0.05, 0.1) is 5.56 Å². The Morgan fingerprint density at radius 2 is 2.05 bits per heavy atom. The molecule has 7 heteroatoms. The largest absolute Gasteiger partial charge is 0.417 e. The Morgan fingerprint density at radius 3 is 2.67 bits per heavy atom. The highest BCUT2D eigenvalue weighted by atomic mass is 19.4. The zero-order valence-electron chi connectivity index (χ0n) is 11.7. The van der Waals surface area contributed by atoms with Crippen molar-refractivity contribution in [3.8, 4) is 0 Å². The first-order valence-corrected chi connectivity index (χ1v) is 6.86. The van der Waals surface area contributed by atoms with Crippen molar-refractivity contribution in [3.05, 3.63) is 34.2 Å². The Bertz CT molecular complexity index is 580. The molecular weight excluding hydrogens is 285 g/mol. The van der Waals surface area contributed by atoms with Gasteiger partial charge in [-0.05, 0) is 32.3 Å². The van der Waals surface area contributed by atoms with Crippen molar-refractivity contribution in [2.24, 2.45) is 0 Å². The van der Waals surface area contributed by atoms with Crippen molar-refractivity contribution in [2.45, 2.75) is 44.9 Å². The van der Waals surface area contributed by atoms with Gasteiger partial charge in [-0.3, -0.25) is 9.59 Å². The van der Waals surface area contributed by atoms with Crippen LogP contribution in [0.1, 0.15) is 31.7 Å². The highest BCUT2D eigenvalue weighted by Crippen LogP contribution is 2.28. The number of aromatic nitrogens is 1. The molecule has 1 aliphatic rings. The van der Waals surface area contributed by atoms with Gasteiger partial charge < -0.3 is 9.47 Å². The highest BCUT2D eigenvalue weighted by molar-refractivity contribution is 5.76. The molecule has 1 saturated heterocycles. The lowest BCUT2D eigenvalue weighted by Crippen LogP contribution is -2.44. The first-order chi connectivity index (χ1) is 9.79. The molecule has 0 bridgehead atoms. The van der Waals surface area contributed by atoms with E-state index in [1.165, 1.54) is 0 Å². The first-order valence-electron chi connectivity index (χ1n) is 6.86. The van der Waals surface area contributed by atoms with E-state index in [0.717, 1.165) is 36.0 Å². The topological polar surface area (TPSA) is 42.3 Å². The lowest BCUT2D eigenvalue weighted by Gasteiger charge is -2.33. The van der Waals surface area contributed by atoms with Crippen molar-refractivity contribution in [1.29, 1.82) is 0 Å². The minimum Gasteiger partial charge on any atom is -0.338 e. The molecule has 1 aromatic heterocycles.